The summed E-state index contributed by atoms with van der Waals surface area (Å²) in [5.74, 6) is -0.0433. The van der Waals surface area contributed by atoms with Gasteiger partial charge < -0.3 is 4.74 Å². The zero-order valence-electron chi connectivity index (χ0n) is 10.3. The Labute approximate surface area is 111 Å². The highest BCUT2D eigenvalue weighted by Gasteiger charge is 2.36. The van der Waals surface area contributed by atoms with Crippen LogP contribution in [0.25, 0.3) is 0 Å². The van der Waals surface area contributed by atoms with Crippen LogP contribution in [0.3, 0.4) is 0 Å². The van der Waals surface area contributed by atoms with E-state index in [9.17, 15) is 9.18 Å². The van der Waals surface area contributed by atoms with E-state index in [1.165, 1.54) is 18.2 Å². The molecular formula is C14H16ClFO2. The molecule has 0 radical (unpaired) electrons. The minimum absolute atomic E-state index is 0.00755. The molecule has 1 aromatic rings. The maximum atomic E-state index is 13.1. The van der Waals surface area contributed by atoms with Crippen LogP contribution in [0.4, 0.5) is 4.39 Å². The van der Waals surface area contributed by atoms with E-state index in [-0.39, 0.29) is 24.1 Å². The van der Waals surface area contributed by atoms with Gasteiger partial charge >= 0.3 is 0 Å². The second-order valence-electron chi connectivity index (χ2n) is 4.59. The van der Waals surface area contributed by atoms with Gasteiger partial charge in [-0.15, -0.1) is 0 Å². The number of carbonyl (C=O) groups excluding carboxylic acids is 1. The molecule has 0 amide bonds. The molecular weight excluding hydrogens is 255 g/mol. The van der Waals surface area contributed by atoms with Gasteiger partial charge in [-0.1, -0.05) is 11.6 Å². The Kier molecular flexibility index (Phi) is 4.36. The predicted molar refractivity (Wildman–Crippen MR) is 68.3 cm³/mol. The smallest absolute Gasteiger partial charge is 0.166 e. The lowest BCUT2D eigenvalue weighted by molar-refractivity contribution is -0.130. The van der Waals surface area contributed by atoms with Gasteiger partial charge in [0, 0.05) is 18.1 Å². The van der Waals surface area contributed by atoms with Crippen molar-refractivity contribution in [3.63, 3.8) is 0 Å². The molecule has 2 rings (SSSR count). The van der Waals surface area contributed by atoms with Crippen molar-refractivity contribution in [1.29, 1.82) is 0 Å². The zero-order valence-corrected chi connectivity index (χ0v) is 11.0. The van der Waals surface area contributed by atoms with Crippen LogP contribution in [0, 0.1) is 11.7 Å². The maximum Gasteiger partial charge on any atom is 0.166 e. The van der Waals surface area contributed by atoms with Crippen LogP contribution < -0.4 is 0 Å². The van der Waals surface area contributed by atoms with Crippen molar-refractivity contribution in [2.75, 3.05) is 6.61 Å². The third kappa shape index (κ3) is 3.30. The third-order valence-electron chi connectivity index (χ3n) is 3.09. The average molecular weight is 271 g/mol. The molecule has 0 spiro atoms. The summed E-state index contributed by atoms with van der Waals surface area (Å²) in [6, 6.07) is 4.08. The molecule has 1 atom stereocenters. The topological polar surface area (TPSA) is 26.3 Å². The van der Waals surface area contributed by atoms with Gasteiger partial charge in [-0.05, 0) is 49.4 Å². The molecule has 1 aliphatic rings. The van der Waals surface area contributed by atoms with Crippen LogP contribution in [-0.2, 0) is 16.0 Å². The summed E-state index contributed by atoms with van der Waals surface area (Å²) in [6.07, 6.45) is 1.85. The van der Waals surface area contributed by atoms with Crippen molar-refractivity contribution in [1.82, 2.24) is 0 Å². The standard InChI is InChI=1S/C14H16ClFO2/c1-2-18-14(9-3-4-9)13(17)8-10-7-11(16)5-6-12(10)15/h5-7,9,14H,2-4,8H2,1H3. The Bertz CT molecular complexity index is 443. The number of hydrogen-bond acceptors (Lipinski definition) is 2. The quantitative estimate of drug-likeness (QED) is 0.792. The molecule has 1 unspecified atom stereocenters. The summed E-state index contributed by atoms with van der Waals surface area (Å²) in [6.45, 7) is 2.39. The SMILES string of the molecule is CCOC(C(=O)Cc1cc(F)ccc1Cl)C1CC1. The summed E-state index contributed by atoms with van der Waals surface area (Å²) in [5.41, 5.74) is 0.534. The highest BCUT2D eigenvalue weighted by molar-refractivity contribution is 6.31. The number of ether oxygens (including phenoxy) is 1. The van der Waals surface area contributed by atoms with Gasteiger partial charge in [-0.25, -0.2) is 4.39 Å². The van der Waals surface area contributed by atoms with Crippen molar-refractivity contribution in [3.8, 4) is 0 Å². The molecule has 98 valence electrons. The fraction of sp³-hybridized carbons (Fsp3) is 0.500. The van der Waals surface area contributed by atoms with Gasteiger partial charge in [-0.3, -0.25) is 4.79 Å². The van der Waals surface area contributed by atoms with Crippen LogP contribution in [-0.4, -0.2) is 18.5 Å². The van der Waals surface area contributed by atoms with Crippen molar-refractivity contribution in [2.24, 2.45) is 5.92 Å². The van der Waals surface area contributed by atoms with Gasteiger partial charge in [-0.2, -0.15) is 0 Å². The fourth-order valence-electron chi connectivity index (χ4n) is 2.04. The predicted octanol–water partition coefficient (Wildman–Crippen LogP) is 3.41. The average Bonchev–Trinajstić information content (AvgIpc) is 3.14. The Hall–Kier alpha value is -0.930. The lowest BCUT2D eigenvalue weighted by atomic mass is 10.0. The van der Waals surface area contributed by atoms with Crippen molar-refractivity contribution in [3.05, 3.63) is 34.6 Å². The molecule has 0 saturated heterocycles. The van der Waals surface area contributed by atoms with Gasteiger partial charge in [0.15, 0.2) is 5.78 Å². The van der Waals surface area contributed by atoms with Gasteiger partial charge in [0.25, 0.3) is 0 Å². The van der Waals surface area contributed by atoms with Crippen molar-refractivity contribution in [2.45, 2.75) is 32.3 Å². The minimum Gasteiger partial charge on any atom is -0.370 e. The molecule has 1 aliphatic carbocycles. The zero-order chi connectivity index (χ0) is 13.1. The second kappa shape index (κ2) is 5.81. The molecule has 0 bridgehead atoms. The van der Waals surface area contributed by atoms with E-state index in [0.29, 0.717) is 23.1 Å². The first kappa shape index (κ1) is 13.5. The van der Waals surface area contributed by atoms with Crippen LogP contribution in [0.15, 0.2) is 18.2 Å². The molecule has 0 N–H and O–H groups in total. The normalized spacial score (nSPS) is 16.6. The number of rotatable bonds is 6. The Morgan fingerprint density at radius 1 is 1.56 bits per heavy atom. The molecule has 1 saturated carbocycles. The number of halogens is 2. The van der Waals surface area contributed by atoms with Crippen molar-refractivity contribution < 1.29 is 13.9 Å². The highest BCUT2D eigenvalue weighted by Crippen LogP contribution is 2.35. The lowest BCUT2D eigenvalue weighted by Crippen LogP contribution is -2.28. The fourth-order valence-corrected chi connectivity index (χ4v) is 2.22. The Morgan fingerprint density at radius 3 is 2.89 bits per heavy atom. The minimum atomic E-state index is -0.374. The van der Waals surface area contributed by atoms with E-state index in [0.717, 1.165) is 12.8 Å². The van der Waals surface area contributed by atoms with Crippen LogP contribution in [0.5, 0.6) is 0 Å². The van der Waals surface area contributed by atoms with E-state index in [1.807, 2.05) is 6.92 Å². The highest BCUT2D eigenvalue weighted by atomic mass is 35.5. The molecule has 0 aromatic heterocycles. The molecule has 0 aliphatic heterocycles. The summed E-state index contributed by atoms with van der Waals surface area (Å²) in [7, 11) is 0. The molecule has 4 heteroatoms. The van der Waals surface area contributed by atoms with Crippen LogP contribution in [0.1, 0.15) is 25.3 Å². The van der Waals surface area contributed by atoms with E-state index >= 15 is 0 Å². The number of benzene rings is 1. The largest absolute Gasteiger partial charge is 0.370 e. The van der Waals surface area contributed by atoms with Gasteiger partial charge in [0.05, 0.1) is 0 Å². The van der Waals surface area contributed by atoms with E-state index in [2.05, 4.69) is 0 Å². The van der Waals surface area contributed by atoms with E-state index in [4.69, 9.17) is 16.3 Å². The number of carbonyl (C=O) groups is 1. The Morgan fingerprint density at radius 2 is 2.28 bits per heavy atom. The summed E-state index contributed by atoms with van der Waals surface area (Å²) in [4.78, 5) is 12.1. The summed E-state index contributed by atoms with van der Waals surface area (Å²) >= 11 is 5.96. The maximum absolute atomic E-state index is 13.1. The van der Waals surface area contributed by atoms with E-state index < -0.39 is 0 Å². The first-order valence-corrected chi connectivity index (χ1v) is 6.58. The summed E-state index contributed by atoms with van der Waals surface area (Å²) in [5, 5.41) is 0.427. The molecule has 2 nitrogen and oxygen atoms in total. The lowest BCUT2D eigenvalue weighted by Gasteiger charge is -2.15. The van der Waals surface area contributed by atoms with Crippen molar-refractivity contribution >= 4 is 17.4 Å². The molecule has 1 aromatic carbocycles. The van der Waals surface area contributed by atoms with Gasteiger partial charge in [0.1, 0.15) is 11.9 Å². The number of ketones is 1. The monoisotopic (exact) mass is 270 g/mol. The number of Topliss-reactive ketones (excluding diaryl/α,β-unsaturated/α-hetero) is 1. The number of hydrogen-bond donors (Lipinski definition) is 0. The first-order chi connectivity index (χ1) is 8.61. The molecule has 0 heterocycles. The van der Waals surface area contributed by atoms with Crippen LogP contribution >= 0.6 is 11.6 Å². The molecule has 18 heavy (non-hydrogen) atoms. The van der Waals surface area contributed by atoms with Gasteiger partial charge in [0.2, 0.25) is 0 Å². The van der Waals surface area contributed by atoms with Crippen LogP contribution in [0.2, 0.25) is 5.02 Å². The third-order valence-corrected chi connectivity index (χ3v) is 3.45. The molecule has 1 fully saturated rings. The van der Waals surface area contributed by atoms with E-state index in [1.54, 1.807) is 0 Å². The first-order valence-electron chi connectivity index (χ1n) is 6.20. The second-order valence-corrected chi connectivity index (χ2v) is 5.00. The summed E-state index contributed by atoms with van der Waals surface area (Å²) < 4.78 is 18.6. The Balaban J connectivity index is 2.07.